The summed E-state index contributed by atoms with van der Waals surface area (Å²) in [5, 5.41) is 17.3. The smallest absolute Gasteiger partial charge is 0.352 e. The highest BCUT2D eigenvalue weighted by molar-refractivity contribution is 8.16. The van der Waals surface area contributed by atoms with Gasteiger partial charge in [0.05, 0.1) is 0 Å². The van der Waals surface area contributed by atoms with Crippen LogP contribution in [0.25, 0.3) is 0 Å². The molecule has 1 fully saturated rings. The number of β-lactam (4-membered cyclic amide) rings is 1. The Balaban J connectivity index is 1.48. The summed E-state index contributed by atoms with van der Waals surface area (Å²) < 4.78 is 0. The summed E-state index contributed by atoms with van der Waals surface area (Å²) in [6, 6.07) is -0.921. The number of fused-ring (bicyclic) bond motifs is 1. The molecule has 4 heterocycles. The molecule has 1 aromatic heterocycles. The van der Waals surface area contributed by atoms with Crippen molar-refractivity contribution in [2.24, 2.45) is 5.16 Å². The minimum Gasteiger partial charge on any atom is -0.477 e. The first-order valence-corrected chi connectivity index (χ1v) is 13.2. The number of carbonyl (C=O) groups is 4. The molecule has 0 unspecified atom stereocenters. The van der Waals surface area contributed by atoms with E-state index >= 15 is 0 Å². The number of carboxylic acid groups (broad SMARTS) is 1. The van der Waals surface area contributed by atoms with Crippen LogP contribution in [-0.2, 0) is 24.0 Å². The van der Waals surface area contributed by atoms with Crippen molar-refractivity contribution in [2.45, 2.75) is 11.4 Å². The van der Waals surface area contributed by atoms with E-state index in [9.17, 15) is 24.3 Å². The van der Waals surface area contributed by atoms with E-state index < -0.39 is 29.2 Å². The second-order valence-electron chi connectivity index (χ2n) is 6.82. The molecule has 11 nitrogen and oxygen atoms in total. The Morgan fingerprint density at radius 3 is 2.82 bits per heavy atom. The Bertz CT molecular complexity index is 1130. The third kappa shape index (κ3) is 4.76. The largest absolute Gasteiger partial charge is 0.477 e. The van der Waals surface area contributed by atoms with E-state index in [1.807, 2.05) is 0 Å². The van der Waals surface area contributed by atoms with Crippen molar-refractivity contribution in [2.75, 3.05) is 30.1 Å². The van der Waals surface area contributed by atoms with Gasteiger partial charge in [-0.1, -0.05) is 16.9 Å². The second-order valence-corrected chi connectivity index (χ2v) is 10.9. The van der Waals surface area contributed by atoms with Crippen molar-refractivity contribution in [3.63, 3.8) is 0 Å². The highest BCUT2D eigenvalue weighted by atomic mass is 32.2. The highest BCUT2D eigenvalue weighted by Gasteiger charge is 2.54. The average Bonchev–Trinajstić information content (AvgIpc) is 3.40. The topological polar surface area (TPSA) is 164 Å². The number of nitrogens with one attached hydrogen (secondary N) is 1. The van der Waals surface area contributed by atoms with Gasteiger partial charge in [0.15, 0.2) is 10.8 Å². The molecule has 1 aromatic rings. The number of thioether (sulfide) groups is 3. The van der Waals surface area contributed by atoms with Crippen LogP contribution in [0.1, 0.15) is 5.69 Å². The standard InChI is InChI=1S/C18H17N5O6S4/c1-29-22-11(9-6-33-18(19)20-9)14(25)21-12-15(26)23-13(17(27)28)7(4-32-16(12)23)3-30-8-2-10(24)31-5-8/h2,6,12,16H,3-5H2,1H3,(H2,19,20)(H,21,25)(H,27,28)/b22-11+/t12-,16-/m1/s1. The first kappa shape index (κ1) is 23.7. The van der Waals surface area contributed by atoms with Crippen LogP contribution in [0, 0.1) is 0 Å². The summed E-state index contributed by atoms with van der Waals surface area (Å²) in [7, 11) is 1.27. The molecule has 0 radical (unpaired) electrons. The maximum Gasteiger partial charge on any atom is 0.352 e. The number of hydrogen-bond donors (Lipinski definition) is 3. The van der Waals surface area contributed by atoms with Gasteiger partial charge in [0.2, 0.25) is 5.12 Å². The fourth-order valence-electron chi connectivity index (χ4n) is 3.32. The fraction of sp³-hybridized carbons (Fsp3) is 0.333. The van der Waals surface area contributed by atoms with Crippen LogP contribution in [0.4, 0.5) is 5.13 Å². The average molecular weight is 528 g/mol. The van der Waals surface area contributed by atoms with Crippen LogP contribution < -0.4 is 11.1 Å². The molecule has 174 valence electrons. The summed E-state index contributed by atoms with van der Waals surface area (Å²) in [4.78, 5) is 59.8. The van der Waals surface area contributed by atoms with E-state index in [0.29, 0.717) is 22.8 Å². The number of anilines is 1. The number of amides is 2. The van der Waals surface area contributed by atoms with Gasteiger partial charge < -0.3 is 21.0 Å². The van der Waals surface area contributed by atoms with Crippen LogP contribution in [0.3, 0.4) is 0 Å². The zero-order valence-corrected chi connectivity index (χ0v) is 20.2. The molecule has 33 heavy (non-hydrogen) atoms. The van der Waals surface area contributed by atoms with Gasteiger partial charge in [-0.2, -0.15) is 0 Å². The second kappa shape index (κ2) is 9.79. The SMILES string of the molecule is CO/N=C(/C(=O)N[C@@H]1C(=O)N2C(C(=O)O)=C(CSC3=CC(=O)SC3)CS[C@H]12)c1csc(N)n1. The summed E-state index contributed by atoms with van der Waals surface area (Å²) in [6.45, 7) is 0. The lowest BCUT2D eigenvalue weighted by Crippen LogP contribution is -2.71. The molecule has 4 N–H and O–H groups in total. The Kier molecular flexibility index (Phi) is 7.02. The van der Waals surface area contributed by atoms with Crippen molar-refractivity contribution in [3.05, 3.63) is 33.3 Å². The van der Waals surface area contributed by atoms with Gasteiger partial charge in [-0.05, 0) is 10.5 Å². The maximum absolute atomic E-state index is 12.8. The number of carbonyl (C=O) groups excluding carboxylic acids is 3. The van der Waals surface area contributed by atoms with Gasteiger partial charge >= 0.3 is 5.97 Å². The number of aromatic nitrogens is 1. The summed E-state index contributed by atoms with van der Waals surface area (Å²) in [5.74, 6) is -1.11. The van der Waals surface area contributed by atoms with Crippen molar-refractivity contribution >= 4 is 80.4 Å². The number of nitrogens with zero attached hydrogens (tertiary/aromatic N) is 3. The van der Waals surface area contributed by atoms with Crippen LogP contribution in [-0.4, -0.2) is 79.4 Å². The number of rotatable bonds is 8. The van der Waals surface area contributed by atoms with Crippen LogP contribution in [0.15, 0.2) is 32.8 Å². The molecule has 0 aromatic carbocycles. The Morgan fingerprint density at radius 2 is 2.21 bits per heavy atom. The molecule has 3 aliphatic heterocycles. The summed E-state index contributed by atoms with van der Waals surface area (Å²) in [5.41, 5.74) is 6.21. The van der Waals surface area contributed by atoms with Crippen LogP contribution in [0.5, 0.6) is 0 Å². The lowest BCUT2D eigenvalue weighted by atomic mass is 10.0. The van der Waals surface area contributed by atoms with Crippen LogP contribution >= 0.6 is 46.6 Å². The Hall–Kier alpha value is -2.49. The molecule has 3 aliphatic rings. The monoisotopic (exact) mass is 527 g/mol. The molecule has 15 heteroatoms. The van der Waals surface area contributed by atoms with E-state index in [1.165, 1.54) is 52.7 Å². The molecule has 2 atom stereocenters. The van der Waals surface area contributed by atoms with E-state index in [4.69, 9.17) is 10.6 Å². The van der Waals surface area contributed by atoms with E-state index in [-0.39, 0.29) is 27.3 Å². The van der Waals surface area contributed by atoms with Crippen molar-refractivity contribution in [1.82, 2.24) is 15.2 Å². The Morgan fingerprint density at radius 1 is 1.42 bits per heavy atom. The molecule has 0 bridgehead atoms. The van der Waals surface area contributed by atoms with Gasteiger partial charge in [0.1, 0.15) is 29.9 Å². The summed E-state index contributed by atoms with van der Waals surface area (Å²) >= 11 is 5.08. The number of aliphatic carboxylic acids is 1. The number of carboxylic acids is 1. The lowest BCUT2D eigenvalue weighted by Gasteiger charge is -2.49. The number of nitrogens with two attached hydrogens (primary N) is 1. The van der Waals surface area contributed by atoms with Crippen LogP contribution in [0.2, 0.25) is 0 Å². The molecule has 0 saturated carbocycles. The number of hydrogen-bond acceptors (Lipinski definition) is 12. The first-order valence-electron chi connectivity index (χ1n) is 9.33. The normalized spacial score (nSPS) is 22.6. The third-order valence-electron chi connectivity index (χ3n) is 4.77. The molecular formula is C18H17N5O6S4. The molecule has 0 aliphatic carbocycles. The number of oxime groups is 1. The Labute approximate surface area is 204 Å². The molecule has 1 saturated heterocycles. The predicted molar refractivity (Wildman–Crippen MR) is 128 cm³/mol. The van der Waals surface area contributed by atoms with Gasteiger partial charge in [0.25, 0.3) is 11.8 Å². The molecule has 4 rings (SSSR count). The lowest BCUT2D eigenvalue weighted by molar-refractivity contribution is -0.150. The number of thiazole rings is 1. The van der Waals surface area contributed by atoms with Gasteiger partial charge in [-0.3, -0.25) is 19.3 Å². The van der Waals surface area contributed by atoms with Crippen molar-refractivity contribution < 1.29 is 29.1 Å². The predicted octanol–water partition coefficient (Wildman–Crippen LogP) is 0.705. The third-order valence-corrected chi connectivity index (χ3v) is 8.95. The first-order chi connectivity index (χ1) is 15.8. The zero-order chi connectivity index (χ0) is 23.7. The molecule has 2 amide bonds. The van der Waals surface area contributed by atoms with E-state index in [1.54, 1.807) is 6.08 Å². The minimum absolute atomic E-state index is 0.0174. The highest BCUT2D eigenvalue weighted by Crippen LogP contribution is 2.42. The minimum atomic E-state index is -1.21. The van der Waals surface area contributed by atoms with E-state index in [2.05, 4.69) is 15.5 Å². The van der Waals surface area contributed by atoms with Gasteiger partial charge in [-0.15, -0.1) is 34.9 Å². The van der Waals surface area contributed by atoms with Gasteiger partial charge in [0, 0.05) is 28.7 Å². The summed E-state index contributed by atoms with van der Waals surface area (Å²) in [6.07, 6.45) is 1.55. The van der Waals surface area contributed by atoms with Crippen molar-refractivity contribution in [3.8, 4) is 0 Å². The zero-order valence-electron chi connectivity index (χ0n) is 17.0. The quantitative estimate of drug-likeness (QED) is 0.248. The van der Waals surface area contributed by atoms with E-state index in [0.717, 1.165) is 16.2 Å². The van der Waals surface area contributed by atoms with Crippen molar-refractivity contribution in [1.29, 1.82) is 0 Å². The van der Waals surface area contributed by atoms with Gasteiger partial charge in [-0.25, -0.2) is 9.78 Å². The fourth-order valence-corrected chi connectivity index (χ4v) is 7.31. The molecule has 0 spiro atoms. The maximum atomic E-state index is 12.8. The number of nitrogen functional groups attached to an aromatic ring is 1. The molecular weight excluding hydrogens is 510 g/mol.